The first-order valence-corrected chi connectivity index (χ1v) is 6.78. The minimum atomic E-state index is 0.887. The molecule has 1 aliphatic rings. The molecule has 0 spiro atoms. The summed E-state index contributed by atoms with van der Waals surface area (Å²) in [7, 11) is 0. The Labute approximate surface area is 104 Å². The smallest absolute Gasteiger partial charge is 0.128 e. The number of nitrogens with zero attached hydrogens (tertiary/aromatic N) is 2. The molecule has 1 saturated carbocycles. The molecule has 0 atom stereocenters. The second-order valence-corrected chi connectivity index (χ2v) is 4.76. The van der Waals surface area contributed by atoms with Gasteiger partial charge in [0.1, 0.15) is 5.82 Å². The summed E-state index contributed by atoms with van der Waals surface area (Å²) in [4.78, 5) is 6.77. The van der Waals surface area contributed by atoms with Crippen molar-refractivity contribution in [3.63, 3.8) is 0 Å². The summed E-state index contributed by atoms with van der Waals surface area (Å²) in [5.41, 5.74) is 1.15. The second kappa shape index (κ2) is 5.89. The SMILES string of the molecule is CCN(CC)c1ccc(NCC2CCC2)cn1. The van der Waals surface area contributed by atoms with Gasteiger partial charge in [-0.25, -0.2) is 4.98 Å². The number of nitrogens with one attached hydrogen (secondary N) is 1. The van der Waals surface area contributed by atoms with Gasteiger partial charge in [-0.05, 0) is 44.7 Å². The molecule has 0 saturated heterocycles. The Morgan fingerprint density at radius 3 is 2.53 bits per heavy atom. The van der Waals surface area contributed by atoms with Gasteiger partial charge < -0.3 is 10.2 Å². The molecule has 0 amide bonds. The van der Waals surface area contributed by atoms with E-state index in [0.29, 0.717) is 0 Å². The van der Waals surface area contributed by atoms with E-state index in [1.807, 2.05) is 6.20 Å². The summed E-state index contributed by atoms with van der Waals surface area (Å²) in [6, 6.07) is 4.25. The average molecular weight is 233 g/mol. The lowest BCUT2D eigenvalue weighted by Gasteiger charge is -2.26. The van der Waals surface area contributed by atoms with Crippen molar-refractivity contribution in [3.8, 4) is 0 Å². The van der Waals surface area contributed by atoms with Gasteiger partial charge in [-0.3, -0.25) is 0 Å². The van der Waals surface area contributed by atoms with Crippen LogP contribution in [0.15, 0.2) is 18.3 Å². The van der Waals surface area contributed by atoms with E-state index < -0.39 is 0 Å². The van der Waals surface area contributed by atoms with E-state index in [1.54, 1.807) is 0 Å². The number of hydrogen-bond donors (Lipinski definition) is 1. The van der Waals surface area contributed by atoms with E-state index in [2.05, 4.69) is 41.2 Å². The molecule has 1 N–H and O–H groups in total. The summed E-state index contributed by atoms with van der Waals surface area (Å²) in [5.74, 6) is 1.96. The van der Waals surface area contributed by atoms with Crippen molar-refractivity contribution >= 4 is 11.5 Å². The van der Waals surface area contributed by atoms with Crippen LogP contribution in [0.4, 0.5) is 11.5 Å². The van der Waals surface area contributed by atoms with Gasteiger partial charge in [-0.1, -0.05) is 6.42 Å². The van der Waals surface area contributed by atoms with Crippen LogP contribution >= 0.6 is 0 Å². The first-order valence-electron chi connectivity index (χ1n) is 6.78. The van der Waals surface area contributed by atoms with Crippen LogP contribution in [0.2, 0.25) is 0 Å². The van der Waals surface area contributed by atoms with Gasteiger partial charge >= 0.3 is 0 Å². The largest absolute Gasteiger partial charge is 0.384 e. The fourth-order valence-electron chi connectivity index (χ4n) is 2.18. The molecule has 3 nitrogen and oxygen atoms in total. The van der Waals surface area contributed by atoms with Crippen molar-refractivity contribution in [3.05, 3.63) is 18.3 Å². The van der Waals surface area contributed by atoms with E-state index in [9.17, 15) is 0 Å². The quantitative estimate of drug-likeness (QED) is 0.818. The summed E-state index contributed by atoms with van der Waals surface area (Å²) < 4.78 is 0. The van der Waals surface area contributed by atoms with Gasteiger partial charge in [-0.2, -0.15) is 0 Å². The number of pyridine rings is 1. The summed E-state index contributed by atoms with van der Waals surface area (Å²) in [6.45, 7) is 7.45. The third kappa shape index (κ3) is 3.11. The van der Waals surface area contributed by atoms with Crippen LogP contribution in [0, 0.1) is 5.92 Å². The molecular weight excluding hydrogens is 210 g/mol. The number of hydrogen-bond acceptors (Lipinski definition) is 3. The summed E-state index contributed by atoms with van der Waals surface area (Å²) in [6.07, 6.45) is 6.13. The first kappa shape index (κ1) is 12.2. The predicted octanol–water partition coefficient (Wildman–Crippen LogP) is 3.14. The molecule has 1 fully saturated rings. The standard InChI is InChI=1S/C14H23N3/c1-3-17(4-2)14-9-8-13(11-16-14)15-10-12-6-5-7-12/h8-9,11-12,15H,3-7,10H2,1-2H3. The zero-order valence-corrected chi connectivity index (χ0v) is 10.9. The fourth-order valence-corrected chi connectivity index (χ4v) is 2.18. The Morgan fingerprint density at radius 1 is 1.29 bits per heavy atom. The molecule has 2 rings (SSSR count). The third-order valence-electron chi connectivity index (χ3n) is 3.65. The van der Waals surface area contributed by atoms with Crippen LogP contribution in [-0.4, -0.2) is 24.6 Å². The predicted molar refractivity (Wildman–Crippen MR) is 73.6 cm³/mol. The number of anilines is 2. The van der Waals surface area contributed by atoms with Crippen molar-refractivity contribution in [1.82, 2.24) is 4.98 Å². The monoisotopic (exact) mass is 233 g/mol. The highest BCUT2D eigenvalue weighted by Gasteiger charge is 2.16. The minimum absolute atomic E-state index is 0.887. The van der Waals surface area contributed by atoms with E-state index >= 15 is 0 Å². The first-order chi connectivity index (χ1) is 8.33. The maximum absolute atomic E-state index is 4.51. The minimum Gasteiger partial charge on any atom is -0.384 e. The highest BCUT2D eigenvalue weighted by Crippen LogP contribution is 2.26. The highest BCUT2D eigenvalue weighted by molar-refractivity contribution is 5.48. The molecule has 0 aliphatic heterocycles. The topological polar surface area (TPSA) is 28.2 Å². The normalized spacial score (nSPS) is 15.4. The Hall–Kier alpha value is -1.25. The molecule has 1 aromatic rings. The van der Waals surface area contributed by atoms with Crippen LogP contribution in [0.5, 0.6) is 0 Å². The lowest BCUT2D eigenvalue weighted by atomic mass is 9.85. The van der Waals surface area contributed by atoms with Gasteiger partial charge in [0.15, 0.2) is 0 Å². The molecule has 0 bridgehead atoms. The molecule has 0 unspecified atom stereocenters. The van der Waals surface area contributed by atoms with Crippen molar-refractivity contribution < 1.29 is 0 Å². The second-order valence-electron chi connectivity index (χ2n) is 4.76. The molecule has 0 aromatic carbocycles. The van der Waals surface area contributed by atoms with Crippen LogP contribution in [-0.2, 0) is 0 Å². The van der Waals surface area contributed by atoms with E-state index in [0.717, 1.165) is 37.1 Å². The van der Waals surface area contributed by atoms with Crippen LogP contribution in [0.1, 0.15) is 33.1 Å². The molecule has 3 heteroatoms. The van der Waals surface area contributed by atoms with Crippen molar-refractivity contribution in [2.24, 2.45) is 5.92 Å². The van der Waals surface area contributed by atoms with Crippen LogP contribution in [0.3, 0.4) is 0 Å². The van der Waals surface area contributed by atoms with Gasteiger partial charge in [0.05, 0.1) is 11.9 Å². The lowest BCUT2D eigenvalue weighted by molar-refractivity contribution is 0.333. The summed E-state index contributed by atoms with van der Waals surface area (Å²) >= 11 is 0. The van der Waals surface area contributed by atoms with Crippen molar-refractivity contribution in [2.75, 3.05) is 29.9 Å². The molecule has 1 heterocycles. The van der Waals surface area contributed by atoms with Gasteiger partial charge in [-0.15, -0.1) is 0 Å². The Balaban J connectivity index is 1.87. The highest BCUT2D eigenvalue weighted by atomic mass is 15.2. The average Bonchev–Trinajstić information content (AvgIpc) is 2.30. The molecule has 1 aliphatic carbocycles. The van der Waals surface area contributed by atoms with E-state index in [4.69, 9.17) is 0 Å². The van der Waals surface area contributed by atoms with Gasteiger partial charge in [0, 0.05) is 19.6 Å². The molecule has 1 aromatic heterocycles. The zero-order valence-electron chi connectivity index (χ0n) is 10.9. The summed E-state index contributed by atoms with van der Waals surface area (Å²) in [5, 5.41) is 3.47. The molecular formula is C14H23N3. The van der Waals surface area contributed by atoms with Crippen LogP contribution < -0.4 is 10.2 Å². The fraction of sp³-hybridized carbons (Fsp3) is 0.643. The molecule has 94 valence electrons. The molecule has 0 radical (unpaired) electrons. The van der Waals surface area contributed by atoms with Crippen molar-refractivity contribution in [1.29, 1.82) is 0 Å². The van der Waals surface area contributed by atoms with E-state index in [-0.39, 0.29) is 0 Å². The maximum Gasteiger partial charge on any atom is 0.128 e. The Kier molecular flexibility index (Phi) is 4.24. The maximum atomic E-state index is 4.51. The third-order valence-corrected chi connectivity index (χ3v) is 3.65. The Bertz CT molecular complexity index is 326. The van der Waals surface area contributed by atoms with Gasteiger partial charge in [0.2, 0.25) is 0 Å². The number of aromatic nitrogens is 1. The zero-order chi connectivity index (χ0) is 12.1. The number of rotatable bonds is 6. The Morgan fingerprint density at radius 2 is 2.06 bits per heavy atom. The van der Waals surface area contributed by atoms with Crippen molar-refractivity contribution in [2.45, 2.75) is 33.1 Å². The van der Waals surface area contributed by atoms with Gasteiger partial charge in [0.25, 0.3) is 0 Å². The molecule has 17 heavy (non-hydrogen) atoms. The van der Waals surface area contributed by atoms with E-state index in [1.165, 1.54) is 19.3 Å². The van der Waals surface area contributed by atoms with Crippen LogP contribution in [0.25, 0.3) is 0 Å². The lowest BCUT2D eigenvalue weighted by Crippen LogP contribution is -2.23.